The average Bonchev–Trinajstić information content (AvgIpc) is 3.18. The summed E-state index contributed by atoms with van der Waals surface area (Å²) in [4.78, 5) is 13.5. The van der Waals surface area contributed by atoms with Crippen LogP contribution in [0.4, 0.5) is 5.69 Å². The number of amides is 1. The lowest BCUT2D eigenvalue weighted by Crippen LogP contribution is -2.15. The van der Waals surface area contributed by atoms with Gasteiger partial charge >= 0.3 is 0 Å². The Hall–Kier alpha value is -2.71. The Bertz CT molecular complexity index is 1070. The second kappa shape index (κ2) is 11.4. The number of ether oxygens (including phenoxy) is 1. The first-order chi connectivity index (χ1) is 15.8. The molecule has 33 heavy (non-hydrogen) atoms. The fourth-order valence-corrected chi connectivity index (χ4v) is 4.22. The van der Waals surface area contributed by atoms with Crippen LogP contribution in [-0.2, 0) is 23.4 Å². The van der Waals surface area contributed by atoms with E-state index >= 15 is 0 Å². The lowest BCUT2D eigenvalue weighted by atomic mass is 9.87. The molecule has 174 valence electrons. The van der Waals surface area contributed by atoms with E-state index < -0.39 is 0 Å². The normalized spacial score (nSPS) is 11.3. The number of carbonyl (C=O) groups excluding carboxylic acids is 1. The number of benzene rings is 2. The van der Waals surface area contributed by atoms with Crippen LogP contribution in [0.1, 0.15) is 32.2 Å². The quantitative estimate of drug-likeness (QED) is 0.291. The minimum absolute atomic E-state index is 0.0956. The Morgan fingerprint density at radius 3 is 2.42 bits per heavy atom. The first-order valence-corrected chi connectivity index (χ1v) is 12.8. The number of hydrogen-bond donors (Lipinski definition) is 1. The number of hydrogen-bond acceptors (Lipinski definition) is 6. The number of nitrogens with one attached hydrogen (secondary N) is 1. The Balaban J connectivity index is 1.59. The Morgan fingerprint density at radius 1 is 1.12 bits per heavy atom. The highest BCUT2D eigenvalue weighted by Gasteiger charge is 2.16. The number of thioether (sulfide) groups is 2. The van der Waals surface area contributed by atoms with Crippen molar-refractivity contribution >= 4 is 35.1 Å². The summed E-state index contributed by atoms with van der Waals surface area (Å²) in [7, 11) is 0. The maximum atomic E-state index is 12.4. The molecule has 0 saturated heterocycles. The number of rotatable bonds is 10. The molecule has 1 N–H and O–H groups in total. The third-order valence-electron chi connectivity index (χ3n) is 4.90. The summed E-state index contributed by atoms with van der Waals surface area (Å²) in [6.45, 7) is 11.2. The van der Waals surface area contributed by atoms with E-state index in [1.807, 2.05) is 47.2 Å². The lowest BCUT2D eigenvalue weighted by molar-refractivity contribution is -0.113. The number of aromatic nitrogens is 3. The summed E-state index contributed by atoms with van der Waals surface area (Å²) in [5.41, 5.74) is 2.12. The topological polar surface area (TPSA) is 69.0 Å². The molecular formula is C25H30N4O2S2. The lowest BCUT2D eigenvalue weighted by Gasteiger charge is -2.19. The average molecular weight is 483 g/mol. The van der Waals surface area contributed by atoms with Crippen LogP contribution in [0.2, 0.25) is 0 Å². The smallest absolute Gasteiger partial charge is 0.234 e. The van der Waals surface area contributed by atoms with Crippen molar-refractivity contribution < 1.29 is 9.53 Å². The predicted molar refractivity (Wildman–Crippen MR) is 137 cm³/mol. The minimum Gasteiger partial charge on any atom is -0.486 e. The van der Waals surface area contributed by atoms with Crippen LogP contribution in [-0.4, -0.2) is 32.7 Å². The monoisotopic (exact) mass is 482 g/mol. The SMILES string of the molecule is C=CCn1c(COc2ccc(C(C)(C)C)cc2)nnc1SCC(=O)Nc1ccc(SC)cc1. The number of allylic oxidation sites excluding steroid dienone is 1. The minimum atomic E-state index is -0.0956. The summed E-state index contributed by atoms with van der Waals surface area (Å²) in [6, 6.07) is 15.9. The second-order valence-corrected chi connectivity index (χ2v) is 10.2. The van der Waals surface area contributed by atoms with Gasteiger partial charge in [-0.15, -0.1) is 28.5 Å². The fourth-order valence-electron chi connectivity index (χ4n) is 3.05. The van der Waals surface area contributed by atoms with Crippen molar-refractivity contribution in [2.45, 2.75) is 49.4 Å². The van der Waals surface area contributed by atoms with Gasteiger partial charge in [0, 0.05) is 17.1 Å². The molecule has 0 aliphatic rings. The highest BCUT2D eigenvalue weighted by molar-refractivity contribution is 7.99. The number of nitrogens with zero attached hydrogens (tertiary/aromatic N) is 3. The molecule has 0 saturated carbocycles. The summed E-state index contributed by atoms with van der Waals surface area (Å²) < 4.78 is 7.85. The van der Waals surface area contributed by atoms with Gasteiger partial charge in [0.25, 0.3) is 0 Å². The predicted octanol–water partition coefficient (Wildman–Crippen LogP) is 5.79. The van der Waals surface area contributed by atoms with Gasteiger partial charge in [-0.1, -0.05) is 50.7 Å². The first-order valence-electron chi connectivity index (χ1n) is 10.6. The molecule has 0 aliphatic heterocycles. The van der Waals surface area contributed by atoms with Gasteiger partial charge in [0.2, 0.25) is 5.91 Å². The van der Waals surface area contributed by atoms with Gasteiger partial charge in [-0.3, -0.25) is 9.36 Å². The Labute approximate surface area is 204 Å². The maximum absolute atomic E-state index is 12.4. The van der Waals surface area contributed by atoms with Crippen LogP contribution in [0.3, 0.4) is 0 Å². The maximum Gasteiger partial charge on any atom is 0.234 e. The van der Waals surface area contributed by atoms with E-state index in [0.29, 0.717) is 17.5 Å². The van der Waals surface area contributed by atoms with Crippen molar-refractivity contribution in [3.63, 3.8) is 0 Å². The zero-order valence-corrected chi connectivity index (χ0v) is 21.1. The standard InChI is InChI=1S/C25H30N4O2S2/c1-6-15-29-22(16-31-20-11-7-18(8-12-20)25(2,3)4)27-28-24(29)33-17-23(30)26-19-9-13-21(32-5)14-10-19/h6-14H,1,15-17H2,2-5H3,(H,26,30). The fraction of sp³-hybridized carbons (Fsp3) is 0.320. The van der Waals surface area contributed by atoms with Crippen molar-refractivity contribution in [1.29, 1.82) is 0 Å². The molecule has 0 fully saturated rings. The van der Waals surface area contributed by atoms with Crippen LogP contribution in [0.25, 0.3) is 0 Å². The summed E-state index contributed by atoms with van der Waals surface area (Å²) in [5.74, 6) is 1.60. The molecule has 0 aliphatic carbocycles. The largest absolute Gasteiger partial charge is 0.486 e. The molecule has 0 spiro atoms. The van der Waals surface area contributed by atoms with Gasteiger partial charge in [0.15, 0.2) is 11.0 Å². The van der Waals surface area contributed by atoms with Crippen LogP contribution in [0.5, 0.6) is 5.75 Å². The van der Waals surface area contributed by atoms with Gasteiger partial charge in [-0.2, -0.15) is 0 Å². The number of carbonyl (C=O) groups is 1. The molecular weight excluding hydrogens is 452 g/mol. The molecule has 1 amide bonds. The zero-order valence-electron chi connectivity index (χ0n) is 19.5. The van der Waals surface area contributed by atoms with Gasteiger partial charge in [0.1, 0.15) is 12.4 Å². The van der Waals surface area contributed by atoms with E-state index in [-0.39, 0.29) is 23.7 Å². The van der Waals surface area contributed by atoms with Gasteiger partial charge in [-0.05, 0) is 53.6 Å². The molecule has 3 aromatic rings. The second-order valence-electron chi connectivity index (χ2n) is 8.43. The first kappa shape index (κ1) is 24.9. The van der Waals surface area contributed by atoms with Gasteiger partial charge < -0.3 is 10.1 Å². The van der Waals surface area contributed by atoms with Crippen molar-refractivity contribution in [2.75, 3.05) is 17.3 Å². The summed E-state index contributed by atoms with van der Waals surface area (Å²) >= 11 is 3.00. The van der Waals surface area contributed by atoms with E-state index in [1.165, 1.54) is 17.3 Å². The highest BCUT2D eigenvalue weighted by atomic mass is 32.2. The molecule has 2 aromatic carbocycles. The van der Waals surface area contributed by atoms with E-state index in [0.717, 1.165) is 16.3 Å². The molecule has 1 heterocycles. The zero-order chi connectivity index (χ0) is 23.8. The van der Waals surface area contributed by atoms with Crippen LogP contribution in [0.15, 0.2) is 71.2 Å². The van der Waals surface area contributed by atoms with Crippen molar-refractivity contribution in [2.24, 2.45) is 0 Å². The molecule has 0 bridgehead atoms. The van der Waals surface area contributed by atoms with Crippen molar-refractivity contribution in [1.82, 2.24) is 14.8 Å². The van der Waals surface area contributed by atoms with E-state index in [1.54, 1.807) is 17.8 Å². The van der Waals surface area contributed by atoms with E-state index in [4.69, 9.17) is 4.74 Å². The van der Waals surface area contributed by atoms with Crippen molar-refractivity contribution in [3.8, 4) is 5.75 Å². The molecule has 0 atom stereocenters. The van der Waals surface area contributed by atoms with Crippen LogP contribution >= 0.6 is 23.5 Å². The molecule has 0 radical (unpaired) electrons. The van der Waals surface area contributed by atoms with Crippen LogP contribution < -0.4 is 10.1 Å². The van der Waals surface area contributed by atoms with Gasteiger partial charge in [-0.25, -0.2) is 0 Å². The molecule has 8 heteroatoms. The molecule has 3 rings (SSSR count). The third-order valence-corrected chi connectivity index (χ3v) is 6.61. The summed E-state index contributed by atoms with van der Waals surface area (Å²) in [5, 5.41) is 12.1. The summed E-state index contributed by atoms with van der Waals surface area (Å²) in [6.07, 6.45) is 3.80. The number of anilines is 1. The van der Waals surface area contributed by atoms with Gasteiger partial charge in [0.05, 0.1) is 5.75 Å². The molecule has 6 nitrogen and oxygen atoms in total. The third kappa shape index (κ3) is 7.14. The Morgan fingerprint density at radius 2 is 1.82 bits per heavy atom. The molecule has 1 aromatic heterocycles. The van der Waals surface area contributed by atoms with Crippen LogP contribution in [0, 0.1) is 0 Å². The molecule has 0 unspecified atom stereocenters. The van der Waals surface area contributed by atoms with Crippen molar-refractivity contribution in [3.05, 3.63) is 72.6 Å². The van der Waals surface area contributed by atoms with E-state index in [2.05, 4.69) is 55.0 Å². The highest BCUT2D eigenvalue weighted by Crippen LogP contribution is 2.25. The van der Waals surface area contributed by atoms with E-state index in [9.17, 15) is 4.79 Å². The Kier molecular flexibility index (Phi) is 8.63.